The van der Waals surface area contributed by atoms with Crippen LogP contribution in [0.4, 0.5) is 4.39 Å². The van der Waals surface area contributed by atoms with Crippen LogP contribution < -0.4 is 9.47 Å². The average Bonchev–Trinajstić information content (AvgIpc) is 2.61. The lowest BCUT2D eigenvalue weighted by Gasteiger charge is -2.15. The second-order valence-corrected chi connectivity index (χ2v) is 6.06. The van der Waals surface area contributed by atoms with Gasteiger partial charge < -0.3 is 14.2 Å². The van der Waals surface area contributed by atoms with E-state index in [1.807, 2.05) is 0 Å². The summed E-state index contributed by atoms with van der Waals surface area (Å²) >= 11 is 11.7. The van der Waals surface area contributed by atoms with E-state index in [0.29, 0.717) is 5.02 Å². The molecule has 0 saturated heterocycles. The van der Waals surface area contributed by atoms with Crippen molar-refractivity contribution in [2.75, 3.05) is 13.7 Å². The number of benzene rings is 2. The van der Waals surface area contributed by atoms with Crippen LogP contribution >= 0.6 is 23.2 Å². The Hall–Kier alpha value is -2.31. The summed E-state index contributed by atoms with van der Waals surface area (Å²) in [4.78, 5) is 24.0. The van der Waals surface area contributed by atoms with E-state index >= 15 is 0 Å². The van der Waals surface area contributed by atoms with Crippen molar-refractivity contribution < 1.29 is 28.2 Å². The van der Waals surface area contributed by atoms with Gasteiger partial charge in [0.25, 0.3) is 0 Å². The van der Waals surface area contributed by atoms with Gasteiger partial charge in [-0.2, -0.15) is 0 Å². The van der Waals surface area contributed by atoms with Crippen LogP contribution in [0.25, 0.3) is 0 Å². The largest absolute Gasteiger partial charge is 0.494 e. The Bertz CT molecular complexity index is 825. The number of ketones is 1. The second kappa shape index (κ2) is 8.87. The van der Waals surface area contributed by atoms with E-state index in [4.69, 9.17) is 37.4 Å². The molecule has 0 aliphatic carbocycles. The number of halogens is 3. The van der Waals surface area contributed by atoms with Crippen molar-refractivity contribution in [2.45, 2.75) is 13.0 Å². The standard InChI is InChI=1S/C18H15Cl2FO5/c1-10(26-16-6-4-12(19)8-13(16)20)18(23)25-9-15(22)11-3-5-17(24-2)14(21)7-11/h3-8,10H,9H2,1-2H3. The van der Waals surface area contributed by atoms with Crippen LogP contribution in [-0.4, -0.2) is 31.6 Å². The Morgan fingerprint density at radius 1 is 1.12 bits per heavy atom. The molecule has 2 aromatic rings. The highest BCUT2D eigenvalue weighted by Gasteiger charge is 2.20. The van der Waals surface area contributed by atoms with Gasteiger partial charge in [0.05, 0.1) is 12.1 Å². The quantitative estimate of drug-likeness (QED) is 0.511. The van der Waals surface area contributed by atoms with Crippen molar-refractivity contribution in [2.24, 2.45) is 0 Å². The summed E-state index contributed by atoms with van der Waals surface area (Å²) in [5.74, 6) is -1.74. The first-order chi connectivity index (χ1) is 12.3. The van der Waals surface area contributed by atoms with E-state index in [1.165, 1.54) is 38.3 Å². The Balaban J connectivity index is 1.92. The fourth-order valence-electron chi connectivity index (χ4n) is 1.99. The third-order valence-corrected chi connectivity index (χ3v) is 3.88. The number of hydrogen-bond donors (Lipinski definition) is 0. The molecule has 2 rings (SSSR count). The van der Waals surface area contributed by atoms with E-state index in [2.05, 4.69) is 0 Å². The average molecular weight is 401 g/mol. The maximum Gasteiger partial charge on any atom is 0.347 e. The van der Waals surface area contributed by atoms with E-state index in [0.717, 1.165) is 6.07 Å². The summed E-state index contributed by atoms with van der Waals surface area (Å²) in [6, 6.07) is 8.26. The molecule has 0 bridgehead atoms. The highest BCUT2D eigenvalue weighted by atomic mass is 35.5. The lowest BCUT2D eigenvalue weighted by molar-refractivity contribution is -0.149. The van der Waals surface area contributed by atoms with Gasteiger partial charge >= 0.3 is 5.97 Å². The minimum atomic E-state index is -1.01. The molecular formula is C18H15Cl2FO5. The molecule has 0 saturated carbocycles. The highest BCUT2D eigenvalue weighted by molar-refractivity contribution is 6.35. The molecule has 0 aromatic heterocycles. The number of rotatable bonds is 7. The van der Waals surface area contributed by atoms with Crippen molar-refractivity contribution in [3.05, 3.63) is 57.8 Å². The first-order valence-corrected chi connectivity index (χ1v) is 8.22. The maximum atomic E-state index is 13.6. The number of methoxy groups -OCH3 is 1. The predicted octanol–water partition coefficient (Wildman–Crippen LogP) is 4.33. The van der Waals surface area contributed by atoms with Crippen molar-refractivity contribution in [1.82, 2.24) is 0 Å². The Morgan fingerprint density at radius 2 is 1.81 bits per heavy atom. The Kier molecular flexibility index (Phi) is 6.83. The minimum Gasteiger partial charge on any atom is -0.494 e. The lowest BCUT2D eigenvalue weighted by atomic mass is 10.1. The van der Waals surface area contributed by atoms with Crippen LogP contribution in [-0.2, 0) is 9.53 Å². The first kappa shape index (κ1) is 20.0. The summed E-state index contributed by atoms with van der Waals surface area (Å²) in [5, 5.41) is 0.664. The zero-order valence-corrected chi connectivity index (χ0v) is 15.4. The molecule has 0 spiro atoms. The molecule has 1 unspecified atom stereocenters. The molecular weight excluding hydrogens is 386 g/mol. The lowest BCUT2D eigenvalue weighted by Crippen LogP contribution is -2.28. The summed E-state index contributed by atoms with van der Waals surface area (Å²) < 4.78 is 28.7. The number of ether oxygens (including phenoxy) is 3. The van der Waals surface area contributed by atoms with Crippen molar-refractivity contribution in [3.63, 3.8) is 0 Å². The zero-order valence-electron chi connectivity index (χ0n) is 13.9. The molecule has 8 heteroatoms. The van der Waals surface area contributed by atoms with E-state index < -0.39 is 30.3 Å². The van der Waals surface area contributed by atoms with Crippen molar-refractivity contribution in [3.8, 4) is 11.5 Å². The van der Waals surface area contributed by atoms with Crippen molar-refractivity contribution >= 4 is 35.0 Å². The predicted molar refractivity (Wildman–Crippen MR) is 94.8 cm³/mol. The summed E-state index contributed by atoms with van der Waals surface area (Å²) in [7, 11) is 1.32. The SMILES string of the molecule is COc1ccc(C(=O)COC(=O)C(C)Oc2ccc(Cl)cc2Cl)cc1F. The van der Waals surface area contributed by atoms with Gasteiger partial charge in [-0.05, 0) is 43.3 Å². The van der Waals surface area contributed by atoms with Gasteiger partial charge in [0, 0.05) is 10.6 Å². The van der Waals surface area contributed by atoms with Gasteiger partial charge in [-0.1, -0.05) is 23.2 Å². The molecule has 26 heavy (non-hydrogen) atoms. The Labute approximate surface area is 159 Å². The summed E-state index contributed by atoms with van der Waals surface area (Å²) in [5.41, 5.74) is 0.0606. The van der Waals surface area contributed by atoms with Gasteiger partial charge in [-0.25, -0.2) is 9.18 Å². The van der Waals surface area contributed by atoms with Crippen LogP contribution in [0.15, 0.2) is 36.4 Å². The zero-order chi connectivity index (χ0) is 19.3. The van der Waals surface area contributed by atoms with Gasteiger partial charge in [0.15, 0.2) is 30.1 Å². The van der Waals surface area contributed by atoms with Crippen molar-refractivity contribution in [1.29, 1.82) is 0 Å². The van der Waals surface area contributed by atoms with Gasteiger partial charge in [0.2, 0.25) is 0 Å². The number of Topliss-reactive ketones (excluding diaryl/α,β-unsaturated/α-hetero) is 1. The Morgan fingerprint density at radius 3 is 2.42 bits per heavy atom. The topological polar surface area (TPSA) is 61.8 Å². The van der Waals surface area contributed by atoms with Gasteiger partial charge in [-0.15, -0.1) is 0 Å². The number of carbonyl (C=O) groups is 2. The van der Waals surface area contributed by atoms with Crippen LogP contribution in [0.5, 0.6) is 11.5 Å². The second-order valence-electron chi connectivity index (χ2n) is 5.22. The fraction of sp³-hybridized carbons (Fsp3) is 0.222. The molecule has 0 N–H and O–H groups in total. The third-order valence-electron chi connectivity index (χ3n) is 3.35. The van der Waals surface area contributed by atoms with Crippen LogP contribution in [0, 0.1) is 5.82 Å². The van der Waals surface area contributed by atoms with Crippen LogP contribution in [0.1, 0.15) is 17.3 Å². The highest BCUT2D eigenvalue weighted by Crippen LogP contribution is 2.28. The van der Waals surface area contributed by atoms with Gasteiger partial charge in [0.1, 0.15) is 5.75 Å². The monoisotopic (exact) mass is 400 g/mol. The normalized spacial score (nSPS) is 11.6. The molecule has 0 amide bonds. The maximum absolute atomic E-state index is 13.6. The summed E-state index contributed by atoms with van der Waals surface area (Å²) in [6.07, 6.45) is -1.01. The van der Waals surface area contributed by atoms with E-state index in [1.54, 1.807) is 6.07 Å². The molecule has 138 valence electrons. The van der Waals surface area contributed by atoms with Crippen LogP contribution in [0.3, 0.4) is 0 Å². The minimum absolute atomic E-state index is 0.0143. The third kappa shape index (κ3) is 5.09. The molecule has 0 heterocycles. The van der Waals surface area contributed by atoms with E-state index in [-0.39, 0.29) is 22.1 Å². The fourth-order valence-corrected chi connectivity index (χ4v) is 2.44. The molecule has 0 radical (unpaired) electrons. The number of carbonyl (C=O) groups excluding carboxylic acids is 2. The first-order valence-electron chi connectivity index (χ1n) is 7.47. The molecule has 0 aliphatic rings. The summed E-state index contributed by atoms with van der Waals surface area (Å²) in [6.45, 7) is 0.900. The van der Waals surface area contributed by atoms with Crippen LogP contribution in [0.2, 0.25) is 10.0 Å². The number of hydrogen-bond acceptors (Lipinski definition) is 5. The molecule has 0 aliphatic heterocycles. The number of esters is 1. The molecule has 0 fully saturated rings. The smallest absolute Gasteiger partial charge is 0.347 e. The molecule has 5 nitrogen and oxygen atoms in total. The van der Waals surface area contributed by atoms with E-state index in [9.17, 15) is 14.0 Å². The molecule has 2 aromatic carbocycles. The molecule has 1 atom stereocenters. The van der Waals surface area contributed by atoms with Gasteiger partial charge in [-0.3, -0.25) is 4.79 Å².